The summed E-state index contributed by atoms with van der Waals surface area (Å²) < 4.78 is 41.3. The second-order valence-corrected chi connectivity index (χ2v) is 8.23. The van der Waals surface area contributed by atoms with Crippen molar-refractivity contribution in [3.63, 3.8) is 0 Å². The molecule has 1 aromatic heterocycles. The van der Waals surface area contributed by atoms with Crippen molar-refractivity contribution in [1.29, 1.82) is 0 Å². The fraction of sp³-hybridized carbons (Fsp3) is 0.0909. The van der Waals surface area contributed by atoms with Gasteiger partial charge in [-0.15, -0.1) is 0 Å². The van der Waals surface area contributed by atoms with Crippen LogP contribution in [0.3, 0.4) is 0 Å². The average Bonchev–Trinajstić information content (AvgIpc) is 2.84. The number of hydrogen-bond acceptors (Lipinski definition) is 9. The number of methoxy groups -OCH3 is 1. The molecule has 2 N–H and O–H groups in total. The van der Waals surface area contributed by atoms with Crippen LogP contribution in [0.1, 0.15) is 10.4 Å². The molecule has 0 saturated heterocycles. The van der Waals surface area contributed by atoms with Crippen LogP contribution in [0.25, 0.3) is 0 Å². The van der Waals surface area contributed by atoms with E-state index in [1.165, 1.54) is 36.4 Å². The molecule has 0 aliphatic carbocycles. The first-order valence-corrected chi connectivity index (χ1v) is 11.1. The number of aromatic nitrogens is 1. The van der Waals surface area contributed by atoms with Crippen molar-refractivity contribution in [1.82, 2.24) is 9.71 Å². The van der Waals surface area contributed by atoms with E-state index in [1.54, 1.807) is 24.3 Å². The number of hydrogen-bond donors (Lipinski definition) is 2. The molecule has 12 heteroatoms. The van der Waals surface area contributed by atoms with Crippen molar-refractivity contribution >= 4 is 33.7 Å². The van der Waals surface area contributed by atoms with Crippen molar-refractivity contribution in [3.8, 4) is 11.6 Å². The van der Waals surface area contributed by atoms with E-state index in [1.807, 2.05) is 10.8 Å². The number of pyridine rings is 1. The van der Waals surface area contributed by atoms with Crippen molar-refractivity contribution in [2.45, 2.75) is 4.90 Å². The Bertz CT molecular complexity index is 1260. The molecule has 0 saturated carbocycles. The minimum absolute atomic E-state index is 0.0805. The number of amides is 2. The van der Waals surface area contributed by atoms with Crippen LogP contribution in [-0.4, -0.2) is 45.1 Å². The lowest BCUT2D eigenvalue weighted by atomic mass is 10.3. The van der Waals surface area contributed by atoms with Crippen LogP contribution >= 0.6 is 0 Å². The molecule has 1 heterocycles. The van der Waals surface area contributed by atoms with E-state index in [4.69, 9.17) is 4.74 Å². The smallest absolute Gasteiger partial charge is 0.484 e. The topological polar surface area (TPSA) is 150 Å². The van der Waals surface area contributed by atoms with Crippen LogP contribution in [0.2, 0.25) is 0 Å². The van der Waals surface area contributed by atoms with Crippen molar-refractivity contribution in [3.05, 3.63) is 78.5 Å². The van der Waals surface area contributed by atoms with E-state index in [9.17, 15) is 22.8 Å². The summed E-state index contributed by atoms with van der Waals surface area (Å²) in [5.41, 5.74) is 0.264. The maximum atomic E-state index is 12.5. The van der Waals surface area contributed by atoms with Gasteiger partial charge in [0.05, 0.1) is 17.6 Å². The van der Waals surface area contributed by atoms with Gasteiger partial charge in [0.25, 0.3) is 21.8 Å². The van der Waals surface area contributed by atoms with Crippen LogP contribution < -0.4 is 19.5 Å². The maximum absolute atomic E-state index is 12.5. The zero-order chi connectivity index (χ0) is 24.6. The predicted molar refractivity (Wildman–Crippen MR) is 119 cm³/mol. The number of anilines is 1. The average molecular weight is 485 g/mol. The van der Waals surface area contributed by atoms with Crippen LogP contribution in [0.4, 0.5) is 10.5 Å². The number of nitrogens with zero attached hydrogens (tertiary/aromatic N) is 1. The number of carbonyl (C=O) groups excluding carboxylic acids is 3. The van der Waals surface area contributed by atoms with Crippen LogP contribution in [0.5, 0.6) is 11.6 Å². The SMILES string of the molecule is COC(=O)Oc1ccc(C(=O)NS(=O)(=O)c2ccc(NC(=O)COc3ccccc3)cc2)cn1. The Morgan fingerprint density at radius 3 is 2.26 bits per heavy atom. The second-order valence-electron chi connectivity index (χ2n) is 6.55. The first-order valence-electron chi connectivity index (χ1n) is 9.63. The van der Waals surface area contributed by atoms with Gasteiger partial charge in [0.15, 0.2) is 6.61 Å². The standard InChI is InChI=1S/C22H19N3O8S/c1-31-22(28)33-20-12-7-15(13-23-20)21(27)25-34(29,30)18-10-8-16(9-11-18)24-19(26)14-32-17-5-3-2-4-6-17/h2-13H,14H2,1H3,(H,24,26)(H,25,27). The summed E-state index contributed by atoms with van der Waals surface area (Å²) in [4.78, 5) is 38.9. The molecule has 0 bridgehead atoms. The molecule has 0 atom stereocenters. The Balaban J connectivity index is 1.57. The zero-order valence-electron chi connectivity index (χ0n) is 17.8. The van der Waals surface area contributed by atoms with E-state index in [2.05, 4.69) is 19.8 Å². The van der Waals surface area contributed by atoms with Gasteiger partial charge in [0, 0.05) is 18.0 Å². The van der Waals surface area contributed by atoms with Crippen LogP contribution in [-0.2, 0) is 19.6 Å². The lowest BCUT2D eigenvalue weighted by Gasteiger charge is -2.10. The normalized spacial score (nSPS) is 10.6. The largest absolute Gasteiger partial charge is 0.514 e. The molecule has 0 unspecified atom stereocenters. The number of sulfonamides is 1. The van der Waals surface area contributed by atoms with E-state index >= 15 is 0 Å². The van der Waals surface area contributed by atoms with Gasteiger partial charge in [-0.25, -0.2) is 22.9 Å². The van der Waals surface area contributed by atoms with Gasteiger partial charge in [0.1, 0.15) is 5.75 Å². The summed E-state index contributed by atoms with van der Waals surface area (Å²) >= 11 is 0. The van der Waals surface area contributed by atoms with E-state index < -0.39 is 28.0 Å². The summed E-state index contributed by atoms with van der Waals surface area (Å²) in [6.45, 7) is -0.225. The molecule has 3 aromatic rings. The van der Waals surface area contributed by atoms with Gasteiger partial charge in [-0.2, -0.15) is 0 Å². The highest BCUT2D eigenvalue weighted by molar-refractivity contribution is 7.90. The molecule has 34 heavy (non-hydrogen) atoms. The highest BCUT2D eigenvalue weighted by Crippen LogP contribution is 2.16. The minimum atomic E-state index is -4.20. The number of para-hydroxylation sites is 1. The number of benzene rings is 2. The van der Waals surface area contributed by atoms with E-state index in [-0.39, 0.29) is 22.9 Å². The summed E-state index contributed by atoms with van der Waals surface area (Å²) in [5, 5.41) is 2.58. The molecule has 176 valence electrons. The molecular formula is C22H19N3O8S. The summed E-state index contributed by atoms with van der Waals surface area (Å²) in [6.07, 6.45) is 0.0508. The van der Waals surface area contributed by atoms with Gasteiger partial charge in [0.2, 0.25) is 5.88 Å². The van der Waals surface area contributed by atoms with Crippen molar-refractivity contribution in [2.75, 3.05) is 19.0 Å². The minimum Gasteiger partial charge on any atom is -0.484 e. The fourth-order valence-corrected chi connectivity index (χ4v) is 3.50. The highest BCUT2D eigenvalue weighted by Gasteiger charge is 2.19. The van der Waals surface area contributed by atoms with Crippen LogP contribution in [0, 0.1) is 0 Å². The molecule has 0 fully saturated rings. The third-order valence-corrected chi connectivity index (χ3v) is 5.49. The second kappa shape index (κ2) is 10.9. The molecule has 2 amide bonds. The molecule has 0 spiro atoms. The highest BCUT2D eigenvalue weighted by atomic mass is 32.2. The molecule has 0 radical (unpaired) electrons. The first kappa shape index (κ1) is 24.2. The summed E-state index contributed by atoms with van der Waals surface area (Å²) in [7, 11) is -3.08. The molecule has 2 aromatic carbocycles. The number of carbonyl (C=O) groups is 3. The molecular weight excluding hydrogens is 466 g/mol. The monoisotopic (exact) mass is 485 g/mol. The molecule has 11 nitrogen and oxygen atoms in total. The Morgan fingerprint density at radius 2 is 1.65 bits per heavy atom. The first-order chi connectivity index (χ1) is 16.3. The Hall–Kier alpha value is -4.45. The van der Waals surface area contributed by atoms with Crippen molar-refractivity contribution < 1.29 is 37.0 Å². The zero-order valence-corrected chi connectivity index (χ0v) is 18.6. The third kappa shape index (κ3) is 6.77. The summed E-state index contributed by atoms with van der Waals surface area (Å²) in [6, 6.07) is 16.4. The fourth-order valence-electron chi connectivity index (χ4n) is 2.52. The van der Waals surface area contributed by atoms with Gasteiger partial charge >= 0.3 is 6.16 Å². The van der Waals surface area contributed by atoms with Crippen molar-refractivity contribution in [2.24, 2.45) is 0 Å². The van der Waals surface area contributed by atoms with Gasteiger partial charge in [-0.1, -0.05) is 18.2 Å². The van der Waals surface area contributed by atoms with Gasteiger partial charge in [-0.3, -0.25) is 9.59 Å². The Labute approximate surface area is 194 Å². The predicted octanol–water partition coefficient (Wildman–Crippen LogP) is 2.36. The number of rotatable bonds is 8. The van der Waals surface area contributed by atoms with Crippen LogP contribution in [0.15, 0.2) is 77.8 Å². The van der Waals surface area contributed by atoms with E-state index in [0.717, 1.165) is 13.3 Å². The van der Waals surface area contributed by atoms with E-state index in [0.29, 0.717) is 11.4 Å². The summed E-state index contributed by atoms with van der Waals surface area (Å²) in [5.74, 6) is -0.957. The molecule has 0 aliphatic heterocycles. The molecule has 3 rings (SSSR count). The lowest BCUT2D eigenvalue weighted by molar-refractivity contribution is -0.118. The van der Waals surface area contributed by atoms with Gasteiger partial charge in [-0.05, 0) is 42.5 Å². The third-order valence-electron chi connectivity index (χ3n) is 4.14. The van der Waals surface area contributed by atoms with Gasteiger partial charge < -0.3 is 19.5 Å². The Morgan fingerprint density at radius 1 is 0.941 bits per heavy atom. The number of ether oxygens (including phenoxy) is 3. The molecule has 0 aliphatic rings. The Kier molecular flexibility index (Phi) is 7.77. The number of nitrogens with one attached hydrogen (secondary N) is 2. The lowest BCUT2D eigenvalue weighted by Crippen LogP contribution is -2.30. The maximum Gasteiger partial charge on any atom is 0.514 e. The quantitative estimate of drug-likeness (QED) is 0.458.